The van der Waals surface area contributed by atoms with Crippen LogP contribution in [0, 0.1) is 6.92 Å². The number of carboxylic acid groups (broad SMARTS) is 1. The Hall–Kier alpha value is -3.21. The normalized spacial score (nSPS) is 22.4. The van der Waals surface area contributed by atoms with E-state index in [9.17, 15) is 18.0 Å². The molecule has 2 aliphatic heterocycles. The van der Waals surface area contributed by atoms with E-state index in [0.29, 0.717) is 24.7 Å². The van der Waals surface area contributed by atoms with Gasteiger partial charge in [-0.25, -0.2) is 9.78 Å². The summed E-state index contributed by atoms with van der Waals surface area (Å²) in [5.74, 6) is -2.16. The van der Waals surface area contributed by atoms with Crippen molar-refractivity contribution in [2.45, 2.75) is 44.1 Å². The molecule has 1 amide bonds. The molecular weight excluding hydrogens is 443 g/mol. The summed E-state index contributed by atoms with van der Waals surface area (Å²) < 4.78 is 43.8. The highest BCUT2D eigenvalue weighted by molar-refractivity contribution is 5.92. The van der Waals surface area contributed by atoms with E-state index in [-0.39, 0.29) is 17.6 Å². The smallest absolute Gasteiger partial charge is 0.475 e. The fourth-order valence-electron chi connectivity index (χ4n) is 3.84. The van der Waals surface area contributed by atoms with Gasteiger partial charge in [0.1, 0.15) is 11.8 Å². The molecule has 8 nitrogen and oxygen atoms in total. The van der Waals surface area contributed by atoms with Crippen molar-refractivity contribution < 1.29 is 37.3 Å². The van der Waals surface area contributed by atoms with Crippen LogP contribution in [0.2, 0.25) is 0 Å². The summed E-state index contributed by atoms with van der Waals surface area (Å²) in [6.07, 6.45) is 0.932. The molecule has 0 aliphatic carbocycles. The van der Waals surface area contributed by atoms with Crippen molar-refractivity contribution in [3.05, 3.63) is 54.0 Å². The predicted molar refractivity (Wildman–Crippen MR) is 110 cm³/mol. The van der Waals surface area contributed by atoms with Crippen molar-refractivity contribution in [1.29, 1.82) is 0 Å². The fraction of sp³-hybridized carbons (Fsp3) is 0.455. The van der Waals surface area contributed by atoms with E-state index in [1.54, 1.807) is 12.4 Å². The van der Waals surface area contributed by atoms with Crippen molar-refractivity contribution in [3.63, 3.8) is 0 Å². The number of piperidine rings is 1. The van der Waals surface area contributed by atoms with Gasteiger partial charge in [0.2, 0.25) is 5.88 Å². The standard InChI is InChI=1S/C20H23N3O3.C2HF3O2/c1-15-6-9-21-17(11-15)19(24)23-10-4-7-20(14-23)12-16(13-25-20)26-18-5-2-3-8-22-18;3-2(4,5)1(6)7/h2-3,5-6,8-9,11,16H,4,7,10,12-14H2,1H3;(H,6,7)/t16-,20-;/m0./s1. The molecule has 0 bridgehead atoms. The number of hydrogen-bond donors (Lipinski definition) is 1. The molecule has 4 heterocycles. The third kappa shape index (κ3) is 6.64. The first-order chi connectivity index (χ1) is 15.6. The summed E-state index contributed by atoms with van der Waals surface area (Å²) in [5, 5.41) is 7.12. The molecule has 1 spiro atoms. The Kier molecular flexibility index (Phi) is 7.52. The number of carbonyl (C=O) groups is 2. The maximum absolute atomic E-state index is 12.8. The van der Waals surface area contributed by atoms with Crippen LogP contribution in [-0.2, 0) is 9.53 Å². The molecule has 2 atom stereocenters. The number of aryl methyl sites for hydroxylation is 1. The van der Waals surface area contributed by atoms with Crippen LogP contribution >= 0.6 is 0 Å². The second-order valence-electron chi connectivity index (χ2n) is 7.96. The minimum Gasteiger partial charge on any atom is -0.475 e. The number of carbonyl (C=O) groups excluding carboxylic acids is 1. The van der Waals surface area contributed by atoms with Crippen LogP contribution < -0.4 is 4.74 Å². The van der Waals surface area contributed by atoms with E-state index < -0.39 is 12.1 Å². The van der Waals surface area contributed by atoms with Crippen molar-refractivity contribution >= 4 is 11.9 Å². The minimum atomic E-state index is -5.08. The van der Waals surface area contributed by atoms with Gasteiger partial charge in [0.05, 0.1) is 18.8 Å². The number of pyridine rings is 2. The molecule has 0 radical (unpaired) electrons. The van der Waals surface area contributed by atoms with E-state index in [0.717, 1.165) is 31.4 Å². The first-order valence-electron chi connectivity index (χ1n) is 10.3. The van der Waals surface area contributed by atoms with Gasteiger partial charge in [0.15, 0.2) is 0 Å². The molecule has 2 saturated heterocycles. The minimum absolute atomic E-state index is 0.0227. The average molecular weight is 467 g/mol. The van der Waals surface area contributed by atoms with Gasteiger partial charge < -0.3 is 19.5 Å². The molecule has 2 fully saturated rings. The second kappa shape index (κ2) is 10.2. The molecule has 11 heteroatoms. The number of rotatable bonds is 3. The highest BCUT2D eigenvalue weighted by atomic mass is 19.4. The molecule has 1 N–H and O–H groups in total. The van der Waals surface area contributed by atoms with Crippen LogP contribution in [-0.4, -0.2) is 69.4 Å². The van der Waals surface area contributed by atoms with E-state index in [1.807, 2.05) is 42.2 Å². The van der Waals surface area contributed by atoms with E-state index in [2.05, 4.69) is 9.97 Å². The molecular formula is C22H24F3N3O5. The Bertz CT molecular complexity index is 973. The number of likely N-dealkylation sites (tertiary alicyclic amines) is 1. The third-order valence-corrected chi connectivity index (χ3v) is 5.30. The number of ether oxygens (including phenoxy) is 2. The summed E-state index contributed by atoms with van der Waals surface area (Å²) in [4.78, 5) is 32.0. The summed E-state index contributed by atoms with van der Waals surface area (Å²) >= 11 is 0. The van der Waals surface area contributed by atoms with Gasteiger partial charge in [-0.1, -0.05) is 6.07 Å². The molecule has 178 valence electrons. The van der Waals surface area contributed by atoms with Crippen LogP contribution in [0.1, 0.15) is 35.3 Å². The molecule has 0 saturated carbocycles. The summed E-state index contributed by atoms with van der Waals surface area (Å²) in [5.41, 5.74) is 1.22. The average Bonchev–Trinajstić information content (AvgIpc) is 3.15. The molecule has 0 aromatic carbocycles. The van der Waals surface area contributed by atoms with Crippen molar-refractivity contribution in [3.8, 4) is 5.88 Å². The topological polar surface area (TPSA) is 102 Å². The predicted octanol–water partition coefficient (Wildman–Crippen LogP) is 3.26. The fourth-order valence-corrected chi connectivity index (χ4v) is 3.84. The zero-order valence-electron chi connectivity index (χ0n) is 17.9. The zero-order chi connectivity index (χ0) is 24.1. The molecule has 2 aromatic heterocycles. The van der Waals surface area contributed by atoms with Gasteiger partial charge in [-0.2, -0.15) is 13.2 Å². The maximum Gasteiger partial charge on any atom is 0.490 e. The van der Waals surface area contributed by atoms with Crippen molar-refractivity contribution in [1.82, 2.24) is 14.9 Å². The molecule has 0 unspecified atom stereocenters. The number of nitrogens with zero attached hydrogens (tertiary/aromatic N) is 3. The van der Waals surface area contributed by atoms with Crippen LogP contribution in [0.4, 0.5) is 13.2 Å². The maximum atomic E-state index is 12.8. The first kappa shape index (κ1) is 24.4. The SMILES string of the molecule is Cc1ccnc(C(=O)N2CCC[C@]3(C[C@H](Oc4ccccn4)CO3)C2)c1.O=C(O)C(F)(F)F. The lowest BCUT2D eigenvalue weighted by molar-refractivity contribution is -0.192. The summed E-state index contributed by atoms with van der Waals surface area (Å²) in [6, 6.07) is 9.36. The number of halogens is 3. The Morgan fingerprint density at radius 2 is 2.00 bits per heavy atom. The van der Waals surface area contributed by atoms with Crippen LogP contribution in [0.5, 0.6) is 5.88 Å². The molecule has 4 rings (SSSR count). The van der Waals surface area contributed by atoms with Crippen LogP contribution in [0.3, 0.4) is 0 Å². The Morgan fingerprint density at radius 1 is 1.24 bits per heavy atom. The molecule has 2 aliphatic rings. The third-order valence-electron chi connectivity index (χ3n) is 5.30. The number of alkyl halides is 3. The summed E-state index contributed by atoms with van der Waals surface area (Å²) in [7, 11) is 0. The number of aliphatic carboxylic acids is 1. The molecule has 2 aromatic rings. The highest BCUT2D eigenvalue weighted by Crippen LogP contribution is 2.36. The number of carboxylic acids is 1. The first-order valence-corrected chi connectivity index (χ1v) is 10.3. The van der Waals surface area contributed by atoms with Gasteiger partial charge in [-0.3, -0.25) is 9.78 Å². The van der Waals surface area contributed by atoms with Gasteiger partial charge in [-0.15, -0.1) is 0 Å². The van der Waals surface area contributed by atoms with Crippen molar-refractivity contribution in [2.75, 3.05) is 19.7 Å². The summed E-state index contributed by atoms with van der Waals surface area (Å²) in [6.45, 7) is 3.83. The Balaban J connectivity index is 0.000000383. The Morgan fingerprint density at radius 3 is 2.64 bits per heavy atom. The van der Waals surface area contributed by atoms with Gasteiger partial charge >= 0.3 is 12.1 Å². The van der Waals surface area contributed by atoms with Crippen molar-refractivity contribution in [2.24, 2.45) is 0 Å². The lowest BCUT2D eigenvalue weighted by Crippen LogP contribution is -2.50. The highest BCUT2D eigenvalue weighted by Gasteiger charge is 2.45. The van der Waals surface area contributed by atoms with E-state index in [4.69, 9.17) is 19.4 Å². The molecule has 33 heavy (non-hydrogen) atoms. The lowest BCUT2D eigenvalue weighted by atomic mass is 9.89. The monoisotopic (exact) mass is 467 g/mol. The van der Waals surface area contributed by atoms with E-state index >= 15 is 0 Å². The number of aromatic nitrogens is 2. The van der Waals surface area contributed by atoms with Crippen LogP contribution in [0.15, 0.2) is 42.7 Å². The van der Waals surface area contributed by atoms with Crippen LogP contribution in [0.25, 0.3) is 0 Å². The largest absolute Gasteiger partial charge is 0.490 e. The van der Waals surface area contributed by atoms with Gasteiger partial charge in [-0.05, 0) is 43.5 Å². The van der Waals surface area contributed by atoms with Gasteiger partial charge in [0, 0.05) is 31.4 Å². The lowest BCUT2D eigenvalue weighted by Gasteiger charge is -2.39. The number of amides is 1. The quantitative estimate of drug-likeness (QED) is 0.739. The van der Waals surface area contributed by atoms with Gasteiger partial charge in [0.25, 0.3) is 5.91 Å². The van der Waals surface area contributed by atoms with E-state index in [1.165, 1.54) is 0 Å². The Labute approximate surface area is 188 Å². The number of hydrogen-bond acceptors (Lipinski definition) is 6. The zero-order valence-corrected chi connectivity index (χ0v) is 17.9. The second-order valence-corrected chi connectivity index (χ2v) is 7.96.